The Kier molecular flexibility index (Phi) is 18.4. The first-order chi connectivity index (χ1) is 47.3. The van der Waals surface area contributed by atoms with Crippen molar-refractivity contribution < 1.29 is 28.6 Å². The van der Waals surface area contributed by atoms with Crippen LogP contribution in [0.5, 0.6) is 5.75 Å². The number of piperazine rings is 1. The molecule has 22 heteroatoms. The van der Waals surface area contributed by atoms with E-state index >= 15 is 0 Å². The van der Waals surface area contributed by atoms with Crippen LogP contribution in [0.2, 0.25) is 5.02 Å². The maximum Gasteiger partial charge on any atom is 0.251 e. The first-order valence-corrected chi connectivity index (χ1v) is 32.9. The molecule has 12 aromatic rings. The fourth-order valence-corrected chi connectivity index (χ4v) is 13.2. The maximum absolute atomic E-state index is 14.1. The van der Waals surface area contributed by atoms with Crippen LogP contribution in [0, 0.1) is 5.82 Å². The summed E-state index contributed by atoms with van der Waals surface area (Å²) in [4.78, 5) is 46.6. The Morgan fingerprint density at radius 1 is 0.546 bits per heavy atom. The number of imidazole rings is 3. The maximum atomic E-state index is 14.1. The van der Waals surface area contributed by atoms with Crippen molar-refractivity contribution >= 4 is 91.5 Å². The Balaban J connectivity index is 0.000000125. The normalized spacial score (nSPS) is 14.8. The number of phenolic OH excluding ortho intramolecular Hbond substituents is 1. The van der Waals surface area contributed by atoms with Gasteiger partial charge in [-0.3, -0.25) is 27.7 Å². The summed E-state index contributed by atoms with van der Waals surface area (Å²) in [6, 6.07) is 52.7. The lowest BCUT2D eigenvalue weighted by Gasteiger charge is -2.38. The molecule has 97 heavy (non-hydrogen) atoms. The fraction of sp³-hybridized carbons (Fsp3) is 0.213. The Bertz CT molecular complexity index is 4810. The number of nitrogens with two attached hydrogens (primary N) is 1. The molecule has 0 atom stereocenters. The Hall–Kier alpha value is -11.0. The van der Waals surface area contributed by atoms with E-state index in [2.05, 4.69) is 145 Å². The molecule has 6 aromatic carbocycles. The number of anilines is 9. The highest BCUT2D eigenvalue weighted by atomic mass is 35.5. The number of nitrogens with one attached hydrogen (secondary N) is 4. The summed E-state index contributed by atoms with van der Waals surface area (Å²) in [6.45, 7) is 15.8. The smallest absolute Gasteiger partial charge is 0.251 e. The van der Waals surface area contributed by atoms with Gasteiger partial charge in [-0.1, -0.05) is 17.7 Å². The lowest BCUT2D eigenvalue weighted by molar-refractivity contribution is 0.0964. The number of primary amides is 1. The topological polar surface area (TPSA) is 212 Å². The lowest BCUT2D eigenvalue weighted by atomic mass is 10.0. The Morgan fingerprint density at radius 2 is 1.03 bits per heavy atom. The summed E-state index contributed by atoms with van der Waals surface area (Å²) in [5, 5.41) is 23.6. The number of phenols is 1. The molecule has 4 aliphatic rings. The van der Waals surface area contributed by atoms with Gasteiger partial charge in [-0.05, 0) is 188 Å². The largest absolute Gasteiger partial charge is 0.508 e. The van der Waals surface area contributed by atoms with Crippen molar-refractivity contribution in [2.75, 3.05) is 109 Å². The van der Waals surface area contributed by atoms with Gasteiger partial charge < -0.3 is 56.3 Å². The van der Waals surface area contributed by atoms with E-state index in [1.165, 1.54) is 11.8 Å². The molecular weight excluding hydrogens is 1250 g/mol. The van der Waals surface area contributed by atoms with Crippen LogP contribution in [0.25, 0.3) is 50.7 Å². The van der Waals surface area contributed by atoms with Crippen LogP contribution in [0.3, 0.4) is 0 Å². The highest BCUT2D eigenvalue weighted by molar-refractivity contribution is 6.33. The van der Waals surface area contributed by atoms with Gasteiger partial charge in [0, 0.05) is 147 Å². The van der Waals surface area contributed by atoms with Gasteiger partial charge in [0.2, 0.25) is 5.91 Å². The molecule has 492 valence electrons. The number of aromatic nitrogens is 6. The third kappa shape index (κ3) is 13.9. The van der Waals surface area contributed by atoms with E-state index in [4.69, 9.17) is 26.8 Å². The van der Waals surface area contributed by atoms with Gasteiger partial charge in [0.15, 0.2) is 16.9 Å². The predicted octanol–water partition coefficient (Wildman–Crippen LogP) is 13.3. The third-order valence-corrected chi connectivity index (χ3v) is 18.3. The molecule has 0 aliphatic carbocycles. The number of fused-ring (bicyclic) bond motifs is 4. The van der Waals surface area contributed by atoms with E-state index in [0.717, 1.165) is 180 Å². The van der Waals surface area contributed by atoms with Crippen molar-refractivity contribution in [2.24, 2.45) is 5.73 Å². The highest BCUT2D eigenvalue weighted by Crippen LogP contribution is 2.36. The van der Waals surface area contributed by atoms with Crippen molar-refractivity contribution in [3.8, 4) is 39.5 Å². The number of carbonyl (C=O) groups excluding carboxylic acids is 2. The molecule has 0 saturated carbocycles. The lowest BCUT2D eigenvalue weighted by Crippen LogP contribution is -2.49. The molecule has 0 radical (unpaired) electrons. The number of rotatable bonds is 14. The third-order valence-electron chi connectivity index (χ3n) is 18.0. The number of aromatic hydroxyl groups is 1. The molecule has 6 aromatic heterocycles. The van der Waals surface area contributed by atoms with Crippen LogP contribution in [-0.2, 0) is 16.0 Å². The summed E-state index contributed by atoms with van der Waals surface area (Å²) in [7, 11) is 0. The van der Waals surface area contributed by atoms with Crippen LogP contribution >= 0.6 is 11.6 Å². The number of pyridine rings is 3. The molecule has 16 rings (SSSR count). The van der Waals surface area contributed by atoms with Gasteiger partial charge in [-0.25, -0.2) is 19.3 Å². The zero-order chi connectivity index (χ0) is 66.5. The van der Waals surface area contributed by atoms with E-state index in [-0.39, 0.29) is 17.2 Å². The molecule has 0 unspecified atom stereocenters. The van der Waals surface area contributed by atoms with E-state index < -0.39 is 11.7 Å². The molecule has 4 aliphatic heterocycles. The van der Waals surface area contributed by atoms with E-state index in [0.29, 0.717) is 29.5 Å². The van der Waals surface area contributed by atoms with Gasteiger partial charge in [0.05, 0.1) is 71.3 Å². The quantitative estimate of drug-likeness (QED) is 0.0598. The second kappa shape index (κ2) is 28.2. The Morgan fingerprint density at radius 3 is 1.54 bits per heavy atom. The number of halogens is 2. The summed E-state index contributed by atoms with van der Waals surface area (Å²) in [5.41, 5.74) is 23.9. The second-order valence-electron chi connectivity index (χ2n) is 24.4. The molecular formula is C75H73ClFN15O5. The minimum Gasteiger partial charge on any atom is -0.508 e. The van der Waals surface area contributed by atoms with Crippen LogP contribution in [-0.4, -0.2) is 135 Å². The molecule has 0 spiro atoms. The number of amides is 2. The number of carbonyl (C=O) groups is 2. The van der Waals surface area contributed by atoms with Crippen LogP contribution in [0.4, 0.5) is 55.6 Å². The van der Waals surface area contributed by atoms with Gasteiger partial charge in [0.25, 0.3) is 5.91 Å². The summed E-state index contributed by atoms with van der Waals surface area (Å²) in [6.07, 6.45) is 11.0. The van der Waals surface area contributed by atoms with Crippen molar-refractivity contribution in [3.63, 3.8) is 0 Å². The summed E-state index contributed by atoms with van der Waals surface area (Å²) < 4.78 is 30.9. The standard InChI is InChI=1S/C28H29ClN6O.C24H22FN5O2.C23H22N4O2/c1-18(2)33-11-13-34(14-12-33)26-7-4-21(16-23(26)29)32-24-6-8-25(35-10-9-30-27(24)35)19-3-5-22-20(15-19)17-31-28(22)36;25-18-14-16(13-17(15-18)23(26)31)22-6-5-21(24-27-7-8-30(22)24)28-19-1-3-20(4-2-19)29-9-11-32-12-10-29;28-20-7-1-17(2-8-20)22-10-9-21(23-24-11-12-27(22)23)25-18-3-5-19(6-4-18)26-13-15-29-16-14-26/h3-10,15-16,18,32H,11-14,17H2,1-2H3,(H,31,36);1-8,13-15,28H,9-12H2,(H2,26,31);1-12,25,28H,13-16H2. The van der Waals surface area contributed by atoms with Crippen LogP contribution < -0.4 is 41.7 Å². The summed E-state index contributed by atoms with van der Waals surface area (Å²) in [5.74, 6) is -0.945. The SMILES string of the molecule is CC(C)N1CCN(c2ccc(Nc3ccc(-c4ccc5c(c4)CNC5=O)n4ccnc34)cc2Cl)CC1.NC(=O)c1cc(F)cc(-c2ccc(Nc3ccc(N4CCOCC4)cc3)c3nccn23)c1.Oc1ccc(-c2ccc(Nc3ccc(N4CCOCC4)cc3)c3nccn23)cc1. The molecule has 3 saturated heterocycles. The number of benzene rings is 6. The number of hydrogen-bond acceptors (Lipinski definition) is 15. The Labute approximate surface area is 565 Å². The van der Waals surface area contributed by atoms with Gasteiger partial charge in [0.1, 0.15) is 11.6 Å². The van der Waals surface area contributed by atoms with E-state index in [1.807, 2.05) is 83.5 Å². The average molecular weight is 1320 g/mol. The van der Waals surface area contributed by atoms with Gasteiger partial charge >= 0.3 is 0 Å². The molecule has 0 bridgehead atoms. The molecule has 3 fully saturated rings. The predicted molar refractivity (Wildman–Crippen MR) is 382 cm³/mol. The van der Waals surface area contributed by atoms with Crippen molar-refractivity contribution in [3.05, 3.63) is 229 Å². The molecule has 2 amide bonds. The van der Waals surface area contributed by atoms with Crippen molar-refractivity contribution in [2.45, 2.75) is 26.4 Å². The molecule has 7 N–H and O–H groups in total. The van der Waals surface area contributed by atoms with Crippen molar-refractivity contribution in [1.29, 1.82) is 0 Å². The first-order valence-electron chi connectivity index (χ1n) is 32.5. The van der Waals surface area contributed by atoms with Crippen LogP contribution in [0.1, 0.15) is 40.1 Å². The zero-order valence-corrected chi connectivity index (χ0v) is 54.5. The van der Waals surface area contributed by atoms with E-state index in [1.54, 1.807) is 43.0 Å². The highest BCUT2D eigenvalue weighted by Gasteiger charge is 2.24. The monoisotopic (exact) mass is 1320 g/mol. The minimum absolute atomic E-state index is 0.00799. The average Bonchev–Trinajstić information content (AvgIpc) is 1.72. The number of hydrogen-bond donors (Lipinski definition) is 6. The molecule has 20 nitrogen and oxygen atoms in total. The van der Waals surface area contributed by atoms with E-state index in [9.17, 15) is 19.1 Å². The zero-order valence-electron chi connectivity index (χ0n) is 53.7. The number of morpholine rings is 2. The summed E-state index contributed by atoms with van der Waals surface area (Å²) >= 11 is 6.74. The first kappa shape index (κ1) is 63.4. The van der Waals surface area contributed by atoms with Crippen LogP contribution in [0.15, 0.2) is 201 Å². The molecule has 10 heterocycles. The van der Waals surface area contributed by atoms with Crippen molar-refractivity contribution in [1.82, 2.24) is 38.4 Å². The fourth-order valence-electron chi connectivity index (χ4n) is 12.9. The number of nitrogens with zero attached hydrogens (tertiary/aromatic N) is 10. The number of ether oxygens (including phenoxy) is 2. The van der Waals surface area contributed by atoms with Gasteiger partial charge in [-0.2, -0.15) is 0 Å². The van der Waals surface area contributed by atoms with Gasteiger partial charge in [-0.15, -0.1) is 0 Å². The second-order valence-corrected chi connectivity index (χ2v) is 24.8. The minimum atomic E-state index is -0.675.